The summed E-state index contributed by atoms with van der Waals surface area (Å²) in [5, 5.41) is 14.2. The topological polar surface area (TPSA) is 76.6 Å². The molecule has 10 heteroatoms. The minimum Gasteiger partial charge on any atom is -0.507 e. The van der Waals surface area contributed by atoms with Gasteiger partial charge in [-0.25, -0.2) is 0 Å². The highest BCUT2D eigenvalue weighted by Gasteiger charge is 2.35. The standard InChI is InChI=1S/C16H16F3N3O4/c1-25-22(24)15-12(9-21(20-15)14-4-2-3-7-26-14)11-8-10(16(17,18)19)5-6-13(11)23/h5-6,8-9,14H,2-4,7H2,1H3/p+1. The number of alkyl halides is 3. The average molecular weight is 372 g/mol. The second-order valence-electron chi connectivity index (χ2n) is 5.84. The lowest BCUT2D eigenvalue weighted by Crippen LogP contribution is -2.18. The van der Waals surface area contributed by atoms with Crippen LogP contribution in [0.2, 0.25) is 0 Å². The van der Waals surface area contributed by atoms with Crippen LogP contribution in [0.5, 0.6) is 5.75 Å². The average Bonchev–Trinajstić information content (AvgIpc) is 3.06. The van der Waals surface area contributed by atoms with Crippen LogP contribution in [-0.2, 0) is 15.8 Å². The maximum absolute atomic E-state index is 13.0. The molecule has 140 valence electrons. The first-order valence-corrected chi connectivity index (χ1v) is 7.94. The van der Waals surface area contributed by atoms with Crippen LogP contribution < -0.4 is 0 Å². The number of phenols is 1. The summed E-state index contributed by atoms with van der Waals surface area (Å²) in [4.78, 5) is 16.6. The van der Waals surface area contributed by atoms with Crippen molar-refractivity contribution in [2.24, 2.45) is 0 Å². The summed E-state index contributed by atoms with van der Waals surface area (Å²) in [5.74, 6) is -0.677. The zero-order chi connectivity index (χ0) is 18.9. The number of rotatable bonds is 4. The number of ether oxygens (including phenoxy) is 1. The van der Waals surface area contributed by atoms with E-state index in [2.05, 4.69) is 9.94 Å². The van der Waals surface area contributed by atoms with Gasteiger partial charge >= 0.3 is 12.0 Å². The quantitative estimate of drug-likeness (QED) is 0.823. The van der Waals surface area contributed by atoms with E-state index in [4.69, 9.17) is 4.74 Å². The van der Waals surface area contributed by atoms with Gasteiger partial charge in [-0.1, -0.05) is 0 Å². The molecule has 0 saturated carbocycles. The summed E-state index contributed by atoms with van der Waals surface area (Å²) in [7, 11) is 1.11. The maximum Gasteiger partial charge on any atom is 0.442 e. The molecule has 1 atom stereocenters. The Bertz CT molecular complexity index is 814. The Morgan fingerprint density at radius 2 is 2.12 bits per heavy atom. The number of nitrogens with zero attached hydrogens (tertiary/aromatic N) is 3. The molecular weight excluding hydrogens is 355 g/mol. The van der Waals surface area contributed by atoms with Crippen LogP contribution in [-0.4, -0.2) is 33.5 Å². The molecule has 0 radical (unpaired) electrons. The molecule has 1 aromatic carbocycles. The van der Waals surface area contributed by atoms with E-state index in [-0.39, 0.29) is 21.9 Å². The van der Waals surface area contributed by atoms with Gasteiger partial charge in [0.2, 0.25) is 0 Å². The Morgan fingerprint density at radius 1 is 1.35 bits per heavy atom. The molecule has 1 unspecified atom stereocenters. The van der Waals surface area contributed by atoms with Crippen LogP contribution >= 0.6 is 0 Å². The molecule has 7 nitrogen and oxygen atoms in total. The van der Waals surface area contributed by atoms with Crippen LogP contribution in [0.15, 0.2) is 24.4 Å². The molecule has 2 aromatic rings. The zero-order valence-electron chi connectivity index (χ0n) is 13.9. The smallest absolute Gasteiger partial charge is 0.442 e. The van der Waals surface area contributed by atoms with Gasteiger partial charge < -0.3 is 14.7 Å². The molecule has 1 aromatic heterocycles. The first kappa shape index (κ1) is 18.2. The number of hydrogen-bond acceptors (Lipinski definition) is 5. The molecular formula is C16H17F3N3O4+. The van der Waals surface area contributed by atoms with E-state index in [1.165, 1.54) is 10.9 Å². The van der Waals surface area contributed by atoms with E-state index in [0.717, 1.165) is 38.2 Å². The van der Waals surface area contributed by atoms with Crippen LogP contribution in [0.1, 0.15) is 31.1 Å². The van der Waals surface area contributed by atoms with Crippen molar-refractivity contribution in [1.82, 2.24) is 9.78 Å². The molecule has 0 amide bonds. The second-order valence-corrected chi connectivity index (χ2v) is 5.84. The lowest BCUT2D eigenvalue weighted by atomic mass is 10.0. The van der Waals surface area contributed by atoms with E-state index in [9.17, 15) is 23.2 Å². The van der Waals surface area contributed by atoms with Crippen molar-refractivity contribution in [3.8, 4) is 16.9 Å². The van der Waals surface area contributed by atoms with E-state index in [1.807, 2.05) is 0 Å². The summed E-state index contributed by atoms with van der Waals surface area (Å²) in [6.45, 7) is 0.523. The van der Waals surface area contributed by atoms with Crippen LogP contribution in [0.25, 0.3) is 11.1 Å². The lowest BCUT2D eigenvalue weighted by Gasteiger charge is -2.20. The summed E-state index contributed by atoms with van der Waals surface area (Å²) < 4.78 is 46.0. The van der Waals surface area contributed by atoms with Gasteiger partial charge in [-0.15, -0.1) is 0 Å². The fraction of sp³-hybridized carbons (Fsp3) is 0.438. The van der Waals surface area contributed by atoms with Gasteiger partial charge in [0.25, 0.3) is 0 Å². The highest BCUT2D eigenvalue weighted by molar-refractivity contribution is 5.76. The van der Waals surface area contributed by atoms with Crippen LogP contribution in [0.4, 0.5) is 19.0 Å². The summed E-state index contributed by atoms with van der Waals surface area (Å²) in [6, 6.07) is 2.46. The lowest BCUT2D eigenvalue weighted by molar-refractivity contribution is -0.738. The fourth-order valence-corrected chi connectivity index (χ4v) is 2.80. The molecule has 0 aliphatic carbocycles. The highest BCUT2D eigenvalue weighted by atomic mass is 19.4. The van der Waals surface area contributed by atoms with Crippen molar-refractivity contribution < 1.29 is 32.8 Å². The monoisotopic (exact) mass is 372 g/mol. The van der Waals surface area contributed by atoms with Crippen molar-refractivity contribution >= 4 is 5.82 Å². The largest absolute Gasteiger partial charge is 0.507 e. The normalized spacial score (nSPS) is 17.9. The number of hydrogen-bond donors (Lipinski definition) is 1. The third kappa shape index (κ3) is 3.50. The van der Waals surface area contributed by atoms with Gasteiger partial charge in [-0.2, -0.15) is 17.9 Å². The van der Waals surface area contributed by atoms with E-state index < -0.39 is 23.7 Å². The highest BCUT2D eigenvalue weighted by Crippen LogP contribution is 2.40. The number of benzene rings is 1. The van der Waals surface area contributed by atoms with Crippen molar-refractivity contribution in [3.05, 3.63) is 34.9 Å². The fourth-order valence-electron chi connectivity index (χ4n) is 2.80. The first-order valence-electron chi connectivity index (χ1n) is 7.94. The number of aromatic nitrogens is 2. The minimum atomic E-state index is -4.59. The minimum absolute atomic E-state index is 0.0135. The zero-order valence-corrected chi connectivity index (χ0v) is 13.9. The van der Waals surface area contributed by atoms with Crippen molar-refractivity contribution in [2.75, 3.05) is 13.7 Å². The van der Waals surface area contributed by atoms with E-state index >= 15 is 0 Å². The third-order valence-electron chi connectivity index (χ3n) is 4.12. The van der Waals surface area contributed by atoms with Gasteiger partial charge in [-0.3, -0.25) is 0 Å². The predicted molar refractivity (Wildman–Crippen MR) is 83.5 cm³/mol. The molecule has 1 saturated heterocycles. The van der Waals surface area contributed by atoms with E-state index in [0.29, 0.717) is 13.0 Å². The molecule has 0 spiro atoms. The van der Waals surface area contributed by atoms with Gasteiger partial charge in [0.15, 0.2) is 11.2 Å². The molecule has 1 aliphatic heterocycles. The van der Waals surface area contributed by atoms with Crippen LogP contribution in [0, 0.1) is 4.91 Å². The Kier molecular flexibility index (Phi) is 4.86. The van der Waals surface area contributed by atoms with Crippen molar-refractivity contribution in [1.29, 1.82) is 0 Å². The SMILES string of the molecule is CO[N+](=O)c1nn(C2CCCCO2)cc1-c1cc(C(F)(F)F)ccc1O. The first-order chi connectivity index (χ1) is 12.3. The van der Waals surface area contributed by atoms with Crippen molar-refractivity contribution in [3.63, 3.8) is 0 Å². The Hall–Kier alpha value is -2.62. The summed E-state index contributed by atoms with van der Waals surface area (Å²) in [6.07, 6.45) is -1.20. The number of aromatic hydroxyl groups is 1. The van der Waals surface area contributed by atoms with Gasteiger partial charge in [0, 0.05) is 12.2 Å². The Balaban J connectivity index is 2.11. The number of halogens is 3. The Labute approximate surface area is 146 Å². The molecule has 0 bridgehead atoms. The van der Waals surface area contributed by atoms with Crippen molar-refractivity contribution in [2.45, 2.75) is 31.7 Å². The maximum atomic E-state index is 13.0. The van der Waals surface area contributed by atoms with Gasteiger partial charge in [0.1, 0.15) is 18.4 Å². The van der Waals surface area contributed by atoms with E-state index in [1.54, 1.807) is 0 Å². The molecule has 2 heterocycles. The molecule has 1 N–H and O–H groups in total. The van der Waals surface area contributed by atoms with Gasteiger partial charge in [-0.05, 0) is 42.4 Å². The van der Waals surface area contributed by atoms with Crippen LogP contribution in [0.3, 0.4) is 0 Å². The second kappa shape index (κ2) is 6.94. The molecule has 1 fully saturated rings. The summed E-state index contributed by atoms with van der Waals surface area (Å²) in [5.41, 5.74) is -1.11. The molecule has 3 rings (SSSR count). The third-order valence-corrected chi connectivity index (χ3v) is 4.12. The number of phenolic OH excluding ortho intramolecular Hbond substituents is 1. The summed E-state index contributed by atoms with van der Waals surface area (Å²) >= 11 is 0. The molecule has 1 aliphatic rings. The predicted octanol–water partition coefficient (Wildman–Crippen LogP) is 3.95. The molecule has 26 heavy (non-hydrogen) atoms. The Morgan fingerprint density at radius 3 is 2.73 bits per heavy atom. The van der Waals surface area contributed by atoms with Gasteiger partial charge in [0.05, 0.1) is 16.9 Å².